The highest BCUT2D eigenvalue weighted by molar-refractivity contribution is 7.67. The number of amidine groups is 4. The normalized spacial score (nSPS) is 18.1. The van der Waals surface area contributed by atoms with Crippen molar-refractivity contribution in [3.05, 3.63) is 254 Å². The summed E-state index contributed by atoms with van der Waals surface area (Å²) in [7, 11) is -9.04. The molecule has 4 aromatic carbocycles. The van der Waals surface area contributed by atoms with Gasteiger partial charge >= 0.3 is 36.3 Å². The molecule has 1 fully saturated rings. The first-order valence-corrected chi connectivity index (χ1v) is 54.6. The largest absolute Gasteiger partial charge is 0.505 e. The van der Waals surface area contributed by atoms with Crippen molar-refractivity contribution in [3.8, 4) is 91.0 Å². The molecule has 782 valence electrons. The maximum absolute atomic E-state index is 13.8. The van der Waals surface area contributed by atoms with E-state index in [1.165, 1.54) is 136 Å². The first kappa shape index (κ1) is 110. The van der Waals surface area contributed by atoms with Gasteiger partial charge in [0, 0.05) is 106 Å². The number of nitrogens with zero attached hydrogens (tertiary/aromatic N) is 12. The fourth-order valence-corrected chi connectivity index (χ4v) is 23.3. The van der Waals surface area contributed by atoms with Gasteiger partial charge in [-0.2, -0.15) is 122 Å². The number of rotatable bonds is 37. The summed E-state index contributed by atoms with van der Waals surface area (Å²) in [5, 5.41) is 89.2. The van der Waals surface area contributed by atoms with Crippen LogP contribution in [0.2, 0.25) is 0 Å². The highest BCUT2D eigenvalue weighted by Gasteiger charge is 2.43. The van der Waals surface area contributed by atoms with Gasteiger partial charge in [-0.05, 0) is 169 Å². The molecule has 1 saturated carbocycles. The fraction of sp³-hybridized carbons (Fsp3) is 0.261. The van der Waals surface area contributed by atoms with Crippen molar-refractivity contribution >= 4 is 143 Å². The quantitative estimate of drug-likeness (QED) is 0.00977. The molecule has 12 heterocycles. The van der Waals surface area contributed by atoms with Gasteiger partial charge in [0.1, 0.15) is 118 Å². The summed E-state index contributed by atoms with van der Waals surface area (Å²) >= 11 is 5.59. The van der Waals surface area contributed by atoms with Gasteiger partial charge < -0.3 is 103 Å². The summed E-state index contributed by atoms with van der Waals surface area (Å²) in [6.07, 6.45) is 8.44. The summed E-state index contributed by atoms with van der Waals surface area (Å²) < 4.78 is 164. The highest BCUT2D eigenvalue weighted by atomic mass is 32.1. The van der Waals surface area contributed by atoms with Crippen molar-refractivity contribution in [1.29, 1.82) is 0 Å². The van der Waals surface area contributed by atoms with Crippen LogP contribution in [0.15, 0.2) is 228 Å². The second-order valence-electron chi connectivity index (χ2n) is 32.6. The Morgan fingerprint density at radius 2 is 0.682 bits per heavy atom. The van der Waals surface area contributed by atoms with Crippen LogP contribution in [-0.2, 0) is 86.6 Å². The van der Waals surface area contributed by atoms with Gasteiger partial charge in [-0.15, -0.1) is 0 Å². The number of hydrogen-bond donors (Lipinski definition) is 12. The van der Waals surface area contributed by atoms with Gasteiger partial charge in [0.15, 0.2) is 46.3 Å². The van der Waals surface area contributed by atoms with Crippen LogP contribution < -0.4 is 107 Å². The molecule has 7 atom stereocenters. The van der Waals surface area contributed by atoms with Crippen molar-refractivity contribution in [2.24, 2.45) is 60.4 Å². The minimum atomic E-state index is -4.46. The minimum absolute atomic E-state index is 0.0503. The summed E-state index contributed by atoms with van der Waals surface area (Å²) in [4.78, 5) is 71.2. The zero-order valence-electron chi connectivity index (χ0n) is 79.9. The second kappa shape index (κ2) is 48.3. The Morgan fingerprint density at radius 1 is 0.412 bits per heavy atom. The van der Waals surface area contributed by atoms with E-state index in [1.54, 1.807) is 83.9 Å². The standard InChI is InChI=1S/C24H28N5O6PS.C23H23F3N5O6PS.C23H26N5O7PS.C22H22N5O6PS/c1-4-15(2)7-9-29-24(31)20(22(30)21(27-29)16-8-12-37-14-16)23-26-18-6-5-17(34-10-11-35-25)13-19(18)36(32,28-23)33-3;1-13(23(24,25)26)5-7-31-22(33)18(20(32)19(29-31)14-6-10-39-12-14)21-28-16-4-3-15(36-8-9-37-27)11-17(16)38(34,30-21)35-2;1-14(32-2)6-8-28-23(30)19(21(29)20(26-28)15-7-11-37-13-15)22-25-17-5-4-16(34-9-10-35-24)12-18(17)36(31,27-22)33-3;1-31-34(30)17-10-15(32-7-8-33-23)4-5-16(17)24-21(26-34)18-20(28)19(14-6-9-35-12-14)25-27(22(18)29)11-13-2-3-13/h5-6,8,10-15,30H,4,7,9,25H2,1-3H3,(H,26,28,32);3-4,6,8-13,32H,5,7,27H2,1-2H3,(H,28,30,34);4-5,7,9-14,29H,6,8,24H2,1-3H3,(H,25,27,31);4-10,12-13,28H,2-3,11,23H2,1H3,(H,24,26,30)/b11-10+;9-8+;10-9+;8-7+. The molecule has 4 aliphatic heterocycles. The molecule has 0 bridgehead atoms. The van der Waals surface area contributed by atoms with Gasteiger partial charge in [-0.25, -0.2) is 18.7 Å². The van der Waals surface area contributed by atoms with Crippen LogP contribution >= 0.6 is 75.4 Å². The molecular formula is C92H99F3N20O25P4S4. The van der Waals surface area contributed by atoms with Gasteiger partial charge in [0.2, 0.25) is 0 Å². The average molecular weight is 2190 g/mol. The van der Waals surface area contributed by atoms with Gasteiger partial charge in [-0.1, -0.05) is 27.2 Å². The molecular weight excluding hydrogens is 2090 g/mol. The Bertz CT molecular complexity index is 7380. The number of aromatic nitrogens is 8. The molecule has 0 amide bonds. The number of anilines is 4. The monoisotopic (exact) mass is 2190 g/mol. The van der Waals surface area contributed by atoms with E-state index in [2.05, 4.69) is 93.9 Å². The van der Waals surface area contributed by atoms with Gasteiger partial charge in [0.05, 0.1) is 56.0 Å². The van der Waals surface area contributed by atoms with Crippen molar-refractivity contribution in [2.45, 2.75) is 105 Å². The van der Waals surface area contributed by atoms with E-state index in [1.807, 2.05) is 33.8 Å². The number of nitrogens with two attached hydrogens (primary N) is 4. The lowest BCUT2D eigenvalue weighted by atomic mass is 10.1. The number of ether oxygens (including phenoxy) is 5. The smallest absolute Gasteiger partial charge is 0.391 e. The Hall–Kier alpha value is -14.0. The zero-order chi connectivity index (χ0) is 106. The molecule has 56 heteroatoms. The maximum atomic E-state index is 13.8. The molecule has 0 radical (unpaired) electrons. The molecule has 0 spiro atoms. The SMILES string of the molecule is CCC(C)CCn1nc(-c2ccsc2)c(O)c(C2=NP(=O)(OC)c3cc(O/C=C/ON)ccc3N2)c1=O.COC(C)CCn1nc(-c2ccsc2)c(O)c(C2=NP(=O)(OC)c3cc(O/C=C/ON)ccc3N2)c1=O.COP1(=O)N=C(c2c(O)c(-c3ccsc3)nn(CC3CC3)c2=O)Nc2ccc(O/C=C/ON)cc21.COP1(=O)N=C(c2c(O)c(-c3ccsc3)nn(CCC(C)C(F)(F)F)c2=O)Nc2ccc(O/C=C/ON)cc21. The summed E-state index contributed by atoms with van der Waals surface area (Å²) in [6, 6.07) is 25.6. The number of alkyl halides is 3. The molecule has 17 rings (SSSR count). The Kier molecular flexibility index (Phi) is 35.8. The summed E-state index contributed by atoms with van der Waals surface area (Å²) in [6.45, 7) is 7.67. The van der Waals surface area contributed by atoms with Crippen LogP contribution in [0.3, 0.4) is 0 Å². The number of aryl methyl sites for hydroxylation is 3. The number of halogens is 3. The van der Waals surface area contributed by atoms with E-state index in [0.29, 0.717) is 87.9 Å². The van der Waals surface area contributed by atoms with Crippen molar-refractivity contribution < 1.29 is 113 Å². The van der Waals surface area contributed by atoms with Gasteiger partial charge in [0.25, 0.3) is 22.2 Å². The number of fused-ring (bicyclic) bond motifs is 4. The molecule has 7 unspecified atom stereocenters. The van der Waals surface area contributed by atoms with E-state index in [0.717, 1.165) is 75.7 Å². The zero-order valence-corrected chi connectivity index (χ0v) is 86.8. The van der Waals surface area contributed by atoms with Crippen molar-refractivity contribution in [3.63, 3.8) is 0 Å². The van der Waals surface area contributed by atoms with Crippen LogP contribution in [0.4, 0.5) is 35.9 Å². The first-order chi connectivity index (χ1) is 71.0. The molecule has 1 aliphatic carbocycles. The van der Waals surface area contributed by atoms with E-state index < -0.39 is 88.7 Å². The number of hydrogen-bond acceptors (Lipinski definition) is 41. The molecule has 148 heavy (non-hydrogen) atoms. The van der Waals surface area contributed by atoms with Crippen LogP contribution in [0.25, 0.3) is 45.0 Å². The summed E-state index contributed by atoms with van der Waals surface area (Å²) in [5.74, 6) is 17.8. The predicted octanol–water partition coefficient (Wildman–Crippen LogP) is 14.9. The molecule has 12 aromatic rings. The predicted molar refractivity (Wildman–Crippen MR) is 555 cm³/mol. The van der Waals surface area contributed by atoms with E-state index in [9.17, 15) is 71.0 Å². The lowest BCUT2D eigenvalue weighted by molar-refractivity contribution is -0.171. The molecule has 8 aromatic heterocycles. The van der Waals surface area contributed by atoms with E-state index in [4.69, 9.17) is 65.4 Å². The highest BCUT2D eigenvalue weighted by Crippen LogP contribution is 2.57. The fourth-order valence-electron chi connectivity index (χ4n) is 14.7. The maximum Gasteiger partial charge on any atom is 0.391 e. The number of methoxy groups -OCH3 is 1. The third kappa shape index (κ3) is 24.8. The number of nitrogens with one attached hydrogen (secondary N) is 4. The van der Waals surface area contributed by atoms with Crippen LogP contribution in [0, 0.1) is 17.8 Å². The molecule has 5 aliphatic rings. The molecule has 16 N–H and O–H groups in total. The van der Waals surface area contributed by atoms with E-state index in [-0.39, 0.29) is 125 Å². The third-order valence-electron chi connectivity index (χ3n) is 23.2. The van der Waals surface area contributed by atoms with Crippen LogP contribution in [-0.4, -0.2) is 131 Å². The van der Waals surface area contributed by atoms with Crippen LogP contribution in [0.1, 0.15) is 88.5 Å². The van der Waals surface area contributed by atoms with E-state index >= 15 is 0 Å². The summed E-state index contributed by atoms with van der Waals surface area (Å²) in [5.41, 5.74) is 0.947. The topological polar surface area (TPSA) is 610 Å². The average Bonchev–Trinajstić information content (AvgIpc) is 1.02. The van der Waals surface area contributed by atoms with Crippen LogP contribution in [0.5, 0.6) is 46.0 Å². The lowest BCUT2D eigenvalue weighted by Gasteiger charge is -2.25. The molecule has 45 nitrogen and oxygen atoms in total. The van der Waals surface area contributed by atoms with Crippen molar-refractivity contribution in [1.82, 2.24) is 39.1 Å². The minimum Gasteiger partial charge on any atom is -0.505 e. The molecule has 0 saturated heterocycles. The van der Waals surface area contributed by atoms with Gasteiger partial charge in [-0.3, -0.25) is 37.4 Å². The Labute approximate surface area is 856 Å². The number of thiophene rings is 4. The lowest BCUT2D eigenvalue weighted by Crippen LogP contribution is -2.35. The van der Waals surface area contributed by atoms with Crippen molar-refractivity contribution in [2.75, 3.05) is 56.8 Å². The second-order valence-corrected chi connectivity index (χ2v) is 44.1. The number of benzene rings is 4. The Balaban J connectivity index is 0.000000156. The Morgan fingerprint density at radius 3 is 0.926 bits per heavy atom. The number of aromatic hydroxyl groups is 4. The third-order valence-corrected chi connectivity index (χ3v) is 33.6. The first-order valence-electron chi connectivity index (χ1n) is 44.5.